The van der Waals surface area contributed by atoms with Gasteiger partial charge >= 0.3 is 0 Å². The maximum absolute atomic E-state index is 12.7. The van der Waals surface area contributed by atoms with Crippen LogP contribution in [0, 0.1) is 0 Å². The van der Waals surface area contributed by atoms with Crippen molar-refractivity contribution >= 4 is 29.1 Å². The molecule has 1 aliphatic rings. The summed E-state index contributed by atoms with van der Waals surface area (Å²) >= 11 is 0. The van der Waals surface area contributed by atoms with E-state index in [1.54, 1.807) is 53.4 Å². The van der Waals surface area contributed by atoms with E-state index in [1.165, 1.54) is 0 Å². The monoisotopic (exact) mass is 486 g/mol. The van der Waals surface area contributed by atoms with Gasteiger partial charge in [-0.2, -0.15) is 0 Å². The maximum Gasteiger partial charge on any atom is 0.254 e. The zero-order chi connectivity index (χ0) is 25.3. The molecule has 4 rings (SSSR count). The van der Waals surface area contributed by atoms with Crippen LogP contribution in [0.15, 0.2) is 78.9 Å². The number of hydrogen-bond acceptors (Lipinski definition) is 5. The Hall–Kier alpha value is -4.17. The van der Waals surface area contributed by atoms with E-state index in [1.807, 2.05) is 37.3 Å². The van der Waals surface area contributed by atoms with Crippen LogP contribution < -0.4 is 16.0 Å². The summed E-state index contributed by atoms with van der Waals surface area (Å²) in [6, 6.07) is 23.5. The van der Waals surface area contributed by atoms with Crippen LogP contribution >= 0.6 is 0 Å². The van der Waals surface area contributed by atoms with Gasteiger partial charge in [0.25, 0.3) is 11.8 Å². The Morgan fingerprint density at radius 2 is 1.58 bits per heavy atom. The molecule has 0 saturated carbocycles. The van der Waals surface area contributed by atoms with E-state index < -0.39 is 0 Å². The van der Waals surface area contributed by atoms with Gasteiger partial charge in [0.2, 0.25) is 5.91 Å². The van der Waals surface area contributed by atoms with Crippen molar-refractivity contribution in [3.63, 3.8) is 0 Å². The Kier molecular flexibility index (Phi) is 8.31. The molecule has 0 spiro atoms. The summed E-state index contributed by atoms with van der Waals surface area (Å²) in [6.07, 6.45) is 0. The van der Waals surface area contributed by atoms with Crippen molar-refractivity contribution in [2.45, 2.75) is 13.0 Å². The minimum Gasteiger partial charge on any atom is -0.378 e. The molecule has 3 N–H and O–H groups in total. The molecule has 8 nitrogen and oxygen atoms in total. The molecule has 0 radical (unpaired) electrons. The fraction of sp³-hybridized carbons (Fsp3) is 0.250. The van der Waals surface area contributed by atoms with E-state index in [-0.39, 0.29) is 30.3 Å². The largest absolute Gasteiger partial charge is 0.378 e. The van der Waals surface area contributed by atoms with Crippen LogP contribution in [0.3, 0.4) is 0 Å². The van der Waals surface area contributed by atoms with Crippen LogP contribution in [-0.2, 0) is 9.53 Å². The number of carbonyl (C=O) groups excluding carboxylic acids is 3. The summed E-state index contributed by atoms with van der Waals surface area (Å²) in [5.41, 5.74) is 3.37. The summed E-state index contributed by atoms with van der Waals surface area (Å²) in [4.78, 5) is 39.4. The van der Waals surface area contributed by atoms with E-state index in [2.05, 4.69) is 16.0 Å². The third kappa shape index (κ3) is 6.70. The number of morpholine rings is 1. The second-order valence-electron chi connectivity index (χ2n) is 8.57. The second kappa shape index (κ2) is 12.0. The predicted molar refractivity (Wildman–Crippen MR) is 139 cm³/mol. The smallest absolute Gasteiger partial charge is 0.254 e. The highest BCUT2D eigenvalue weighted by Crippen LogP contribution is 2.16. The molecule has 3 aromatic carbocycles. The van der Waals surface area contributed by atoms with Crippen LogP contribution in [-0.4, -0.2) is 55.5 Å². The first-order chi connectivity index (χ1) is 17.5. The van der Waals surface area contributed by atoms with Crippen molar-refractivity contribution in [3.8, 4) is 0 Å². The van der Waals surface area contributed by atoms with E-state index >= 15 is 0 Å². The number of benzene rings is 3. The first-order valence-corrected chi connectivity index (χ1v) is 12.0. The number of nitrogens with one attached hydrogen (secondary N) is 3. The van der Waals surface area contributed by atoms with Gasteiger partial charge in [-0.3, -0.25) is 14.4 Å². The van der Waals surface area contributed by atoms with E-state index in [0.29, 0.717) is 48.8 Å². The number of amides is 3. The summed E-state index contributed by atoms with van der Waals surface area (Å²) < 4.78 is 5.30. The molecular weight excluding hydrogens is 456 g/mol. The highest BCUT2D eigenvalue weighted by Gasteiger charge is 2.19. The van der Waals surface area contributed by atoms with Gasteiger partial charge in [0.1, 0.15) is 0 Å². The lowest BCUT2D eigenvalue weighted by Gasteiger charge is -2.27. The van der Waals surface area contributed by atoms with E-state index in [0.717, 1.165) is 5.56 Å². The highest BCUT2D eigenvalue weighted by atomic mass is 16.5. The van der Waals surface area contributed by atoms with Gasteiger partial charge in [-0.15, -0.1) is 0 Å². The van der Waals surface area contributed by atoms with Gasteiger partial charge < -0.3 is 25.6 Å². The molecule has 36 heavy (non-hydrogen) atoms. The zero-order valence-corrected chi connectivity index (χ0v) is 20.2. The molecule has 3 amide bonds. The second-order valence-corrected chi connectivity index (χ2v) is 8.57. The van der Waals surface area contributed by atoms with E-state index in [4.69, 9.17) is 4.74 Å². The SMILES string of the molecule is CC(NC(=O)c1ccc(NCC(=O)Nc2cccc(C(=O)N3CCOCC3)c2)cc1)c1ccccc1. The van der Waals surface area contributed by atoms with Gasteiger partial charge in [-0.1, -0.05) is 36.4 Å². The molecule has 1 heterocycles. The van der Waals surface area contributed by atoms with E-state index in [9.17, 15) is 14.4 Å². The molecular formula is C28H30N4O4. The van der Waals surface area contributed by atoms with Gasteiger partial charge in [-0.05, 0) is 55.0 Å². The minimum absolute atomic E-state index is 0.0399. The molecule has 1 aliphatic heterocycles. The summed E-state index contributed by atoms with van der Waals surface area (Å²) in [7, 11) is 0. The summed E-state index contributed by atoms with van der Waals surface area (Å²) in [6.45, 7) is 4.17. The number of nitrogens with zero attached hydrogens (tertiary/aromatic N) is 1. The zero-order valence-electron chi connectivity index (χ0n) is 20.2. The standard InChI is InChI=1S/C28H30N4O4/c1-20(21-6-3-2-4-7-21)30-27(34)22-10-12-24(13-11-22)29-19-26(33)31-25-9-5-8-23(18-25)28(35)32-14-16-36-17-15-32/h2-13,18,20,29H,14-17,19H2,1H3,(H,30,34)(H,31,33). The average Bonchev–Trinajstić information content (AvgIpc) is 2.93. The molecule has 1 saturated heterocycles. The molecule has 0 aromatic heterocycles. The first kappa shape index (κ1) is 24.9. The van der Waals surface area contributed by atoms with Gasteiger partial charge in [0.15, 0.2) is 0 Å². The fourth-order valence-electron chi connectivity index (χ4n) is 3.91. The third-order valence-corrected chi connectivity index (χ3v) is 5.94. The Balaban J connectivity index is 1.26. The lowest BCUT2D eigenvalue weighted by molar-refractivity contribution is -0.114. The molecule has 1 fully saturated rings. The molecule has 1 unspecified atom stereocenters. The summed E-state index contributed by atoms with van der Waals surface area (Å²) in [5.74, 6) is -0.485. The van der Waals surface area contributed by atoms with Crippen molar-refractivity contribution < 1.29 is 19.1 Å². The number of rotatable bonds is 8. The van der Waals surface area contributed by atoms with Crippen LogP contribution in [0.2, 0.25) is 0 Å². The number of anilines is 2. The van der Waals surface area contributed by atoms with Crippen LogP contribution in [0.4, 0.5) is 11.4 Å². The maximum atomic E-state index is 12.7. The summed E-state index contributed by atoms with van der Waals surface area (Å²) in [5, 5.41) is 8.86. The Labute approximate surface area is 210 Å². The Bertz CT molecular complexity index is 1190. The average molecular weight is 487 g/mol. The molecule has 0 bridgehead atoms. The van der Waals surface area contributed by atoms with Crippen molar-refractivity contribution in [1.82, 2.24) is 10.2 Å². The highest BCUT2D eigenvalue weighted by molar-refractivity contribution is 5.98. The quantitative estimate of drug-likeness (QED) is 0.451. The lowest BCUT2D eigenvalue weighted by atomic mass is 10.1. The van der Waals surface area contributed by atoms with Crippen molar-refractivity contribution in [1.29, 1.82) is 0 Å². The molecule has 0 aliphatic carbocycles. The van der Waals surface area contributed by atoms with Crippen LogP contribution in [0.5, 0.6) is 0 Å². The molecule has 8 heteroatoms. The Morgan fingerprint density at radius 1 is 0.861 bits per heavy atom. The molecule has 1 atom stereocenters. The lowest BCUT2D eigenvalue weighted by Crippen LogP contribution is -2.40. The minimum atomic E-state index is -0.246. The van der Waals surface area contributed by atoms with Crippen LogP contribution in [0.25, 0.3) is 0 Å². The molecule has 3 aromatic rings. The third-order valence-electron chi connectivity index (χ3n) is 5.94. The number of ether oxygens (including phenoxy) is 1. The van der Waals surface area contributed by atoms with Crippen molar-refractivity contribution in [2.75, 3.05) is 43.5 Å². The first-order valence-electron chi connectivity index (χ1n) is 12.0. The van der Waals surface area contributed by atoms with Gasteiger partial charge in [0, 0.05) is 35.6 Å². The van der Waals surface area contributed by atoms with Gasteiger partial charge in [-0.25, -0.2) is 0 Å². The molecule has 186 valence electrons. The fourth-order valence-corrected chi connectivity index (χ4v) is 3.91. The predicted octanol–water partition coefficient (Wildman–Crippen LogP) is 3.70. The number of carbonyl (C=O) groups is 3. The van der Waals surface area contributed by atoms with Crippen molar-refractivity contribution in [3.05, 3.63) is 95.6 Å². The number of hydrogen-bond donors (Lipinski definition) is 3. The topological polar surface area (TPSA) is 99.8 Å². The van der Waals surface area contributed by atoms with Crippen LogP contribution in [0.1, 0.15) is 39.2 Å². The van der Waals surface area contributed by atoms with Gasteiger partial charge in [0.05, 0.1) is 25.8 Å². The Morgan fingerprint density at radius 3 is 2.31 bits per heavy atom. The normalized spacial score (nSPS) is 14.0. The van der Waals surface area contributed by atoms with Crippen molar-refractivity contribution in [2.24, 2.45) is 0 Å².